The van der Waals surface area contributed by atoms with Gasteiger partial charge in [-0.1, -0.05) is 29.8 Å². The quantitative estimate of drug-likeness (QED) is 0.491. The van der Waals surface area contributed by atoms with Gasteiger partial charge in [0.15, 0.2) is 0 Å². The van der Waals surface area contributed by atoms with Crippen LogP contribution in [0.2, 0.25) is 5.02 Å². The van der Waals surface area contributed by atoms with Gasteiger partial charge in [-0.25, -0.2) is 9.37 Å². The fourth-order valence-corrected chi connectivity index (χ4v) is 3.19. The van der Waals surface area contributed by atoms with Crippen LogP contribution in [0.3, 0.4) is 0 Å². The molecule has 2 heterocycles. The summed E-state index contributed by atoms with van der Waals surface area (Å²) in [4.78, 5) is 22.1. The topological polar surface area (TPSA) is 47.8 Å². The zero-order chi connectivity index (χ0) is 19.7. The Kier molecular flexibility index (Phi) is 4.75. The molecule has 2 aromatic heterocycles. The summed E-state index contributed by atoms with van der Waals surface area (Å²) >= 11 is 6.33. The number of hydrogen-bond acceptors (Lipinski definition) is 3. The number of nitrogens with zero attached hydrogens (tertiary/aromatic N) is 3. The minimum Gasteiger partial charge on any atom is -0.268 e. The SMILES string of the molecule is Cc1cccc(/C=C\c2nc3ccc(F)cc3c(=O)n2-c2ccccc2Cl)n1. The van der Waals surface area contributed by atoms with Crippen molar-refractivity contribution in [3.8, 4) is 5.69 Å². The zero-order valence-electron chi connectivity index (χ0n) is 14.9. The van der Waals surface area contributed by atoms with Gasteiger partial charge >= 0.3 is 0 Å². The maximum Gasteiger partial charge on any atom is 0.266 e. The van der Waals surface area contributed by atoms with E-state index in [2.05, 4.69) is 9.97 Å². The molecule has 0 N–H and O–H groups in total. The van der Waals surface area contributed by atoms with Crippen LogP contribution in [0.15, 0.2) is 65.5 Å². The summed E-state index contributed by atoms with van der Waals surface area (Å²) in [7, 11) is 0. The lowest BCUT2D eigenvalue weighted by atomic mass is 10.2. The van der Waals surface area contributed by atoms with Crippen molar-refractivity contribution in [3.05, 3.63) is 99.1 Å². The molecular formula is C22H15ClFN3O. The van der Waals surface area contributed by atoms with Crippen molar-refractivity contribution in [1.82, 2.24) is 14.5 Å². The standard InChI is InChI=1S/C22H15ClFN3O/c1-14-5-4-6-16(25-14)10-12-21-26-19-11-9-15(24)13-17(19)22(28)27(21)20-8-3-2-7-18(20)23/h2-13H,1H3/b12-10-. The van der Waals surface area contributed by atoms with Gasteiger partial charge in [0.05, 0.1) is 27.3 Å². The summed E-state index contributed by atoms with van der Waals surface area (Å²) in [5.41, 5.74) is 2.11. The number of halogens is 2. The van der Waals surface area contributed by atoms with Crippen molar-refractivity contribution in [2.75, 3.05) is 0 Å². The highest BCUT2D eigenvalue weighted by Gasteiger charge is 2.14. The number of aryl methyl sites for hydroxylation is 1. The van der Waals surface area contributed by atoms with E-state index in [4.69, 9.17) is 11.6 Å². The number of aromatic nitrogens is 3. The lowest BCUT2D eigenvalue weighted by Crippen LogP contribution is -2.22. The molecule has 4 rings (SSSR count). The maximum atomic E-state index is 13.7. The Labute approximate surface area is 165 Å². The van der Waals surface area contributed by atoms with E-state index >= 15 is 0 Å². The highest BCUT2D eigenvalue weighted by atomic mass is 35.5. The van der Waals surface area contributed by atoms with E-state index in [0.717, 1.165) is 11.4 Å². The molecule has 0 fully saturated rings. The Balaban J connectivity index is 1.98. The molecule has 2 aromatic carbocycles. The van der Waals surface area contributed by atoms with Crippen LogP contribution in [0.4, 0.5) is 4.39 Å². The fraction of sp³-hybridized carbons (Fsp3) is 0.0455. The summed E-state index contributed by atoms with van der Waals surface area (Å²) < 4.78 is 15.1. The molecule has 0 spiro atoms. The lowest BCUT2D eigenvalue weighted by Gasteiger charge is -2.12. The Morgan fingerprint density at radius 2 is 1.82 bits per heavy atom. The summed E-state index contributed by atoms with van der Waals surface area (Å²) in [5.74, 6) is -0.120. The highest BCUT2D eigenvalue weighted by molar-refractivity contribution is 6.32. The molecule has 0 aliphatic rings. The van der Waals surface area contributed by atoms with Crippen LogP contribution in [-0.2, 0) is 0 Å². The largest absolute Gasteiger partial charge is 0.268 e. The van der Waals surface area contributed by atoms with Crippen molar-refractivity contribution in [1.29, 1.82) is 0 Å². The molecule has 28 heavy (non-hydrogen) atoms. The minimum absolute atomic E-state index is 0.186. The molecule has 6 heteroatoms. The third-order valence-corrected chi connectivity index (χ3v) is 4.58. The Bertz CT molecular complexity index is 1280. The van der Waals surface area contributed by atoms with Crippen molar-refractivity contribution in [2.24, 2.45) is 0 Å². The van der Waals surface area contributed by atoms with Crippen LogP contribution in [0, 0.1) is 12.7 Å². The molecule has 0 atom stereocenters. The fourth-order valence-electron chi connectivity index (χ4n) is 2.97. The van der Waals surface area contributed by atoms with Crippen LogP contribution >= 0.6 is 11.6 Å². The van der Waals surface area contributed by atoms with Gasteiger partial charge < -0.3 is 0 Å². The van der Waals surface area contributed by atoms with E-state index < -0.39 is 11.4 Å². The Hall–Kier alpha value is -3.31. The summed E-state index contributed by atoms with van der Waals surface area (Å²) in [6.07, 6.45) is 3.48. The van der Waals surface area contributed by atoms with Gasteiger partial charge in [-0.2, -0.15) is 0 Å². The maximum absolute atomic E-state index is 13.7. The number of benzene rings is 2. The number of para-hydroxylation sites is 1. The van der Waals surface area contributed by atoms with E-state index in [1.807, 2.05) is 25.1 Å². The summed E-state index contributed by atoms with van der Waals surface area (Å²) in [5, 5.41) is 0.580. The Morgan fingerprint density at radius 1 is 1.00 bits per heavy atom. The number of fused-ring (bicyclic) bond motifs is 1. The molecule has 138 valence electrons. The predicted molar refractivity (Wildman–Crippen MR) is 110 cm³/mol. The molecule has 4 nitrogen and oxygen atoms in total. The predicted octanol–water partition coefficient (Wildman–Crippen LogP) is 5.05. The zero-order valence-corrected chi connectivity index (χ0v) is 15.7. The third-order valence-electron chi connectivity index (χ3n) is 4.26. The molecule has 4 aromatic rings. The molecule has 0 radical (unpaired) electrons. The van der Waals surface area contributed by atoms with E-state index in [1.54, 1.807) is 36.4 Å². The van der Waals surface area contributed by atoms with Gasteiger partial charge in [-0.05, 0) is 61.5 Å². The molecule has 0 saturated heterocycles. The first-order valence-electron chi connectivity index (χ1n) is 8.62. The van der Waals surface area contributed by atoms with Crippen molar-refractivity contribution in [3.63, 3.8) is 0 Å². The van der Waals surface area contributed by atoms with E-state index in [0.29, 0.717) is 22.1 Å². The molecule has 0 saturated carbocycles. The highest BCUT2D eigenvalue weighted by Crippen LogP contribution is 2.22. The van der Waals surface area contributed by atoms with Gasteiger partial charge in [-0.3, -0.25) is 14.3 Å². The van der Waals surface area contributed by atoms with Crippen molar-refractivity contribution >= 4 is 34.7 Å². The number of pyridine rings is 1. The molecule has 0 aliphatic carbocycles. The van der Waals surface area contributed by atoms with Crippen LogP contribution in [0.5, 0.6) is 0 Å². The third kappa shape index (κ3) is 3.44. The molecule has 0 unspecified atom stereocenters. The normalized spacial score (nSPS) is 11.4. The van der Waals surface area contributed by atoms with Crippen LogP contribution in [-0.4, -0.2) is 14.5 Å². The van der Waals surface area contributed by atoms with E-state index in [1.165, 1.54) is 22.8 Å². The van der Waals surface area contributed by atoms with Gasteiger partial charge in [0.25, 0.3) is 5.56 Å². The van der Waals surface area contributed by atoms with Gasteiger partial charge in [0, 0.05) is 5.69 Å². The Morgan fingerprint density at radius 3 is 2.61 bits per heavy atom. The summed E-state index contributed by atoms with van der Waals surface area (Å²) in [6, 6.07) is 16.6. The van der Waals surface area contributed by atoms with Gasteiger partial charge in [0.1, 0.15) is 11.6 Å². The molecule has 0 amide bonds. The van der Waals surface area contributed by atoms with Crippen LogP contribution < -0.4 is 5.56 Å². The lowest BCUT2D eigenvalue weighted by molar-refractivity contribution is 0.629. The first kappa shape index (κ1) is 18.1. The van der Waals surface area contributed by atoms with E-state index in [-0.39, 0.29) is 5.39 Å². The van der Waals surface area contributed by atoms with Gasteiger partial charge in [-0.15, -0.1) is 0 Å². The van der Waals surface area contributed by atoms with Crippen molar-refractivity contribution in [2.45, 2.75) is 6.92 Å². The number of hydrogen-bond donors (Lipinski definition) is 0. The van der Waals surface area contributed by atoms with E-state index in [9.17, 15) is 9.18 Å². The first-order chi connectivity index (χ1) is 13.5. The second-order valence-corrected chi connectivity index (χ2v) is 6.67. The molecule has 0 aliphatic heterocycles. The summed E-state index contributed by atoms with van der Waals surface area (Å²) in [6.45, 7) is 1.90. The second kappa shape index (κ2) is 7.37. The average molecular weight is 392 g/mol. The monoisotopic (exact) mass is 391 g/mol. The van der Waals surface area contributed by atoms with Gasteiger partial charge in [0.2, 0.25) is 0 Å². The van der Waals surface area contributed by atoms with Crippen LogP contribution in [0.25, 0.3) is 28.7 Å². The smallest absolute Gasteiger partial charge is 0.266 e. The second-order valence-electron chi connectivity index (χ2n) is 6.26. The average Bonchev–Trinajstić information content (AvgIpc) is 2.68. The number of rotatable bonds is 3. The first-order valence-corrected chi connectivity index (χ1v) is 9.00. The molecule has 0 bridgehead atoms. The van der Waals surface area contributed by atoms with Crippen LogP contribution in [0.1, 0.15) is 17.2 Å². The van der Waals surface area contributed by atoms with Crippen molar-refractivity contribution < 1.29 is 4.39 Å². The molecular weight excluding hydrogens is 377 g/mol. The minimum atomic E-state index is -0.496.